The molecular formula is C8H14ClNO2S. The van der Waals surface area contributed by atoms with E-state index >= 15 is 0 Å². The van der Waals surface area contributed by atoms with Crippen molar-refractivity contribution in [2.45, 2.75) is 0 Å². The molecule has 0 unspecified atom stereocenters. The van der Waals surface area contributed by atoms with E-state index in [9.17, 15) is 8.42 Å². The number of hydrogen-bond donors (Lipinski definition) is 0. The maximum Gasteiger partial charge on any atom is 0.152 e. The van der Waals surface area contributed by atoms with Crippen LogP contribution in [0, 0.1) is 0 Å². The van der Waals surface area contributed by atoms with Crippen LogP contribution >= 0.6 is 11.6 Å². The van der Waals surface area contributed by atoms with Crippen LogP contribution in [-0.2, 0) is 9.84 Å². The smallest absolute Gasteiger partial charge is 0.152 e. The molecule has 1 aliphatic heterocycles. The standard InChI is InChI=1S/C8H14ClNO2S/c1-8(6-9)7-10-2-4-13(11,12)5-3-10/h1-7H2. The molecule has 0 aromatic heterocycles. The number of nitrogens with zero attached hydrogens (tertiary/aromatic N) is 1. The van der Waals surface area contributed by atoms with E-state index in [-0.39, 0.29) is 11.5 Å². The van der Waals surface area contributed by atoms with Crippen molar-refractivity contribution in [1.29, 1.82) is 0 Å². The highest BCUT2D eigenvalue weighted by molar-refractivity contribution is 7.91. The zero-order valence-electron chi connectivity index (χ0n) is 7.50. The van der Waals surface area contributed by atoms with E-state index in [2.05, 4.69) is 11.5 Å². The third kappa shape index (κ3) is 3.67. The second-order valence-electron chi connectivity index (χ2n) is 3.31. The molecular weight excluding hydrogens is 210 g/mol. The molecule has 0 radical (unpaired) electrons. The van der Waals surface area contributed by atoms with E-state index in [4.69, 9.17) is 11.6 Å². The molecule has 1 rings (SSSR count). The lowest BCUT2D eigenvalue weighted by Crippen LogP contribution is -2.41. The molecule has 0 spiro atoms. The molecule has 0 atom stereocenters. The molecule has 0 N–H and O–H groups in total. The van der Waals surface area contributed by atoms with Crippen molar-refractivity contribution in [3.05, 3.63) is 12.2 Å². The summed E-state index contributed by atoms with van der Waals surface area (Å²) in [6.07, 6.45) is 0. The van der Waals surface area contributed by atoms with Gasteiger partial charge in [-0.1, -0.05) is 6.58 Å². The van der Waals surface area contributed by atoms with Crippen LogP contribution in [0.15, 0.2) is 12.2 Å². The van der Waals surface area contributed by atoms with Crippen molar-refractivity contribution in [3.8, 4) is 0 Å². The molecule has 1 saturated heterocycles. The summed E-state index contributed by atoms with van der Waals surface area (Å²) in [6.45, 7) is 5.72. The Labute approximate surface area is 84.3 Å². The molecule has 0 aromatic rings. The molecule has 13 heavy (non-hydrogen) atoms. The Hall–Kier alpha value is -0.0600. The molecule has 1 heterocycles. The van der Waals surface area contributed by atoms with Gasteiger partial charge in [0.2, 0.25) is 0 Å². The van der Waals surface area contributed by atoms with Gasteiger partial charge in [-0.25, -0.2) is 8.42 Å². The van der Waals surface area contributed by atoms with Gasteiger partial charge in [-0.15, -0.1) is 11.6 Å². The summed E-state index contributed by atoms with van der Waals surface area (Å²) in [5.74, 6) is 0.981. The van der Waals surface area contributed by atoms with Crippen molar-refractivity contribution < 1.29 is 8.42 Å². The highest BCUT2D eigenvalue weighted by atomic mass is 35.5. The molecule has 0 bridgehead atoms. The average Bonchev–Trinajstić information content (AvgIpc) is 2.08. The predicted molar refractivity (Wildman–Crippen MR) is 55.0 cm³/mol. The third-order valence-corrected chi connectivity index (χ3v) is 4.06. The summed E-state index contributed by atoms with van der Waals surface area (Å²) in [4.78, 5) is 2.08. The van der Waals surface area contributed by atoms with Gasteiger partial charge >= 0.3 is 0 Å². The fourth-order valence-electron chi connectivity index (χ4n) is 1.27. The topological polar surface area (TPSA) is 37.4 Å². The van der Waals surface area contributed by atoms with E-state index in [1.807, 2.05) is 0 Å². The lowest BCUT2D eigenvalue weighted by Gasteiger charge is -2.26. The van der Waals surface area contributed by atoms with Gasteiger partial charge in [-0.05, 0) is 5.57 Å². The summed E-state index contributed by atoms with van der Waals surface area (Å²) in [6, 6.07) is 0. The largest absolute Gasteiger partial charge is 0.297 e. The van der Waals surface area contributed by atoms with Crippen molar-refractivity contribution in [2.24, 2.45) is 0 Å². The third-order valence-electron chi connectivity index (χ3n) is 2.07. The summed E-state index contributed by atoms with van der Waals surface area (Å²) in [5.41, 5.74) is 0.945. The Morgan fingerprint density at radius 3 is 2.38 bits per heavy atom. The van der Waals surface area contributed by atoms with Gasteiger partial charge in [0.15, 0.2) is 9.84 Å². The minimum Gasteiger partial charge on any atom is -0.297 e. The Bertz CT molecular complexity index is 273. The predicted octanol–water partition coefficient (Wildman–Crippen LogP) is 0.512. The number of rotatable bonds is 3. The average molecular weight is 224 g/mol. The quantitative estimate of drug-likeness (QED) is 0.517. The van der Waals surface area contributed by atoms with Crippen molar-refractivity contribution in [2.75, 3.05) is 37.0 Å². The molecule has 3 nitrogen and oxygen atoms in total. The first kappa shape index (κ1) is 11.0. The monoisotopic (exact) mass is 223 g/mol. The Morgan fingerprint density at radius 2 is 1.92 bits per heavy atom. The Kier molecular flexibility index (Phi) is 3.76. The minimum atomic E-state index is -2.76. The molecule has 1 fully saturated rings. The molecule has 0 amide bonds. The van der Waals surface area contributed by atoms with Crippen LogP contribution in [0.3, 0.4) is 0 Å². The first-order chi connectivity index (χ1) is 6.03. The van der Waals surface area contributed by atoms with E-state index in [1.54, 1.807) is 0 Å². The van der Waals surface area contributed by atoms with Crippen LogP contribution in [-0.4, -0.2) is 50.3 Å². The molecule has 0 saturated carbocycles. The zero-order valence-corrected chi connectivity index (χ0v) is 9.07. The van der Waals surface area contributed by atoms with Gasteiger partial charge < -0.3 is 0 Å². The highest BCUT2D eigenvalue weighted by Crippen LogP contribution is 2.06. The molecule has 5 heteroatoms. The normalized spacial score (nSPS) is 22.8. The maximum absolute atomic E-state index is 11.1. The van der Waals surface area contributed by atoms with E-state index in [0.29, 0.717) is 19.0 Å². The molecule has 0 aliphatic carbocycles. The van der Waals surface area contributed by atoms with Crippen LogP contribution < -0.4 is 0 Å². The number of alkyl halides is 1. The van der Waals surface area contributed by atoms with Crippen molar-refractivity contribution >= 4 is 21.4 Å². The lowest BCUT2D eigenvalue weighted by atomic mass is 10.3. The zero-order chi connectivity index (χ0) is 9.90. The fraction of sp³-hybridized carbons (Fsp3) is 0.750. The minimum absolute atomic E-state index is 0.266. The van der Waals surface area contributed by atoms with Crippen LogP contribution in [0.5, 0.6) is 0 Å². The maximum atomic E-state index is 11.1. The second kappa shape index (κ2) is 4.44. The number of hydrogen-bond acceptors (Lipinski definition) is 3. The van der Waals surface area contributed by atoms with Gasteiger partial charge in [-0.3, -0.25) is 4.90 Å². The molecule has 1 aliphatic rings. The van der Waals surface area contributed by atoms with Gasteiger partial charge in [0.25, 0.3) is 0 Å². The Morgan fingerprint density at radius 1 is 1.38 bits per heavy atom. The Balaban J connectivity index is 2.38. The van der Waals surface area contributed by atoms with Crippen molar-refractivity contribution in [3.63, 3.8) is 0 Å². The van der Waals surface area contributed by atoms with Gasteiger partial charge in [0.1, 0.15) is 0 Å². The number of sulfone groups is 1. The van der Waals surface area contributed by atoms with Gasteiger partial charge in [0, 0.05) is 25.5 Å². The summed E-state index contributed by atoms with van der Waals surface area (Å²) in [7, 11) is -2.76. The van der Waals surface area contributed by atoms with Gasteiger partial charge in [-0.2, -0.15) is 0 Å². The van der Waals surface area contributed by atoms with E-state index < -0.39 is 9.84 Å². The van der Waals surface area contributed by atoms with E-state index in [0.717, 1.165) is 12.1 Å². The van der Waals surface area contributed by atoms with Crippen LogP contribution in [0.4, 0.5) is 0 Å². The van der Waals surface area contributed by atoms with Crippen molar-refractivity contribution in [1.82, 2.24) is 4.90 Å². The van der Waals surface area contributed by atoms with Crippen LogP contribution in [0.25, 0.3) is 0 Å². The lowest BCUT2D eigenvalue weighted by molar-refractivity contribution is 0.320. The van der Waals surface area contributed by atoms with Gasteiger partial charge in [0.05, 0.1) is 11.5 Å². The summed E-state index contributed by atoms with van der Waals surface area (Å²) < 4.78 is 22.2. The van der Waals surface area contributed by atoms with Crippen LogP contribution in [0.1, 0.15) is 0 Å². The number of halogens is 1. The SMILES string of the molecule is C=C(CCl)CN1CCS(=O)(=O)CC1. The van der Waals surface area contributed by atoms with Crippen LogP contribution in [0.2, 0.25) is 0 Å². The molecule has 76 valence electrons. The summed E-state index contributed by atoms with van der Waals surface area (Å²) >= 11 is 5.58. The summed E-state index contributed by atoms with van der Waals surface area (Å²) in [5, 5.41) is 0. The van der Waals surface area contributed by atoms with E-state index in [1.165, 1.54) is 0 Å². The first-order valence-electron chi connectivity index (χ1n) is 4.19. The molecule has 0 aromatic carbocycles. The highest BCUT2D eigenvalue weighted by Gasteiger charge is 2.21. The first-order valence-corrected chi connectivity index (χ1v) is 6.54. The second-order valence-corrected chi connectivity index (χ2v) is 5.88. The fourth-order valence-corrected chi connectivity index (χ4v) is 2.63.